The van der Waals surface area contributed by atoms with Gasteiger partial charge in [-0.05, 0) is 48.9 Å². The summed E-state index contributed by atoms with van der Waals surface area (Å²) in [6.07, 6.45) is -1.81. The van der Waals surface area contributed by atoms with Gasteiger partial charge >= 0.3 is 6.18 Å². The van der Waals surface area contributed by atoms with Crippen molar-refractivity contribution in [3.05, 3.63) is 28.8 Å². The molecule has 0 amide bonds. The van der Waals surface area contributed by atoms with Gasteiger partial charge in [0, 0.05) is 18.5 Å². The monoisotopic (exact) mass is 312 g/mol. The summed E-state index contributed by atoms with van der Waals surface area (Å²) in [6.45, 7) is 5.82. The van der Waals surface area contributed by atoms with E-state index in [1.54, 1.807) is 0 Å². The molecule has 1 fully saturated rings. The highest BCUT2D eigenvalue weighted by atomic mass is 19.4. The molecule has 0 aromatic heterocycles. The summed E-state index contributed by atoms with van der Waals surface area (Å²) >= 11 is 0. The number of benzene rings is 1. The van der Waals surface area contributed by atoms with Crippen molar-refractivity contribution in [3.8, 4) is 0 Å². The molecule has 0 radical (unpaired) electrons. The lowest BCUT2D eigenvalue weighted by Gasteiger charge is -2.26. The highest BCUT2D eigenvalue weighted by Crippen LogP contribution is 2.46. The molecule has 0 saturated carbocycles. The number of rotatable bonds is 3. The van der Waals surface area contributed by atoms with Crippen LogP contribution in [0.4, 0.5) is 18.9 Å². The van der Waals surface area contributed by atoms with Crippen molar-refractivity contribution in [1.29, 1.82) is 0 Å². The maximum absolute atomic E-state index is 13.4. The number of anilines is 1. The molecule has 3 rings (SSSR count). The van der Waals surface area contributed by atoms with Crippen LogP contribution in [0, 0.1) is 5.92 Å². The zero-order chi connectivity index (χ0) is 15.9. The Bertz CT molecular complexity index is 552. The third kappa shape index (κ3) is 2.96. The van der Waals surface area contributed by atoms with Gasteiger partial charge in [-0.3, -0.25) is 0 Å². The van der Waals surface area contributed by atoms with E-state index in [0.29, 0.717) is 18.0 Å². The minimum atomic E-state index is -4.30. The number of fused-ring (bicyclic) bond motifs is 3. The third-order valence-corrected chi connectivity index (χ3v) is 4.76. The van der Waals surface area contributed by atoms with Crippen LogP contribution >= 0.6 is 0 Å². The molecule has 2 heterocycles. The minimum absolute atomic E-state index is 0.137. The maximum atomic E-state index is 13.4. The molecule has 1 aromatic rings. The molecule has 2 nitrogen and oxygen atoms in total. The van der Waals surface area contributed by atoms with E-state index in [0.717, 1.165) is 37.1 Å². The summed E-state index contributed by atoms with van der Waals surface area (Å²) in [5, 5.41) is 6.45. The average molecular weight is 312 g/mol. The Labute approximate surface area is 129 Å². The van der Waals surface area contributed by atoms with Gasteiger partial charge in [0.05, 0.1) is 11.3 Å². The second kappa shape index (κ2) is 5.76. The fourth-order valence-electron chi connectivity index (χ4n) is 3.55. The predicted molar refractivity (Wildman–Crippen MR) is 82.2 cm³/mol. The number of halogens is 3. The van der Waals surface area contributed by atoms with Crippen LogP contribution in [0.25, 0.3) is 0 Å². The van der Waals surface area contributed by atoms with Crippen LogP contribution in [0.1, 0.15) is 49.3 Å². The van der Waals surface area contributed by atoms with E-state index in [-0.39, 0.29) is 12.0 Å². The summed E-state index contributed by atoms with van der Waals surface area (Å²) in [5.74, 6) is 0.647. The van der Waals surface area contributed by atoms with Gasteiger partial charge in [-0.1, -0.05) is 19.9 Å². The van der Waals surface area contributed by atoms with Crippen LogP contribution < -0.4 is 10.6 Å². The molecule has 0 bridgehead atoms. The van der Waals surface area contributed by atoms with Gasteiger partial charge in [-0.25, -0.2) is 0 Å². The number of aryl methyl sites for hydroxylation is 1. The number of piperidine rings is 1. The Morgan fingerprint density at radius 1 is 1.27 bits per heavy atom. The molecule has 0 unspecified atom stereocenters. The SMILES string of the molecule is CC(C)CCc1cc2c(c(C(F)(F)F)c1)N[C@H]1CCNC[C@@H]21. The molecule has 1 saturated heterocycles. The van der Waals surface area contributed by atoms with Crippen LogP contribution in [0.3, 0.4) is 0 Å². The molecule has 2 aliphatic rings. The van der Waals surface area contributed by atoms with Crippen molar-refractivity contribution in [2.24, 2.45) is 5.92 Å². The summed E-state index contributed by atoms with van der Waals surface area (Å²) in [4.78, 5) is 0. The Morgan fingerprint density at radius 2 is 2.05 bits per heavy atom. The highest BCUT2D eigenvalue weighted by molar-refractivity contribution is 5.67. The lowest BCUT2D eigenvalue weighted by Crippen LogP contribution is -2.38. The fourth-order valence-corrected chi connectivity index (χ4v) is 3.55. The average Bonchev–Trinajstić information content (AvgIpc) is 2.81. The largest absolute Gasteiger partial charge is 0.418 e. The Kier molecular flexibility index (Phi) is 4.10. The molecule has 5 heteroatoms. The normalized spacial score (nSPS) is 24.1. The van der Waals surface area contributed by atoms with Crippen molar-refractivity contribution in [2.45, 2.75) is 51.2 Å². The van der Waals surface area contributed by atoms with E-state index in [4.69, 9.17) is 0 Å². The predicted octanol–water partition coefficient (Wildman–Crippen LogP) is 4.17. The van der Waals surface area contributed by atoms with Crippen molar-refractivity contribution in [2.75, 3.05) is 18.4 Å². The van der Waals surface area contributed by atoms with Crippen LogP contribution in [0.2, 0.25) is 0 Å². The fraction of sp³-hybridized carbons (Fsp3) is 0.647. The molecular formula is C17H23F3N2. The Hall–Kier alpha value is -1.23. The van der Waals surface area contributed by atoms with Gasteiger partial charge in [-0.15, -0.1) is 0 Å². The van der Waals surface area contributed by atoms with Crippen LogP contribution in [-0.2, 0) is 12.6 Å². The smallest absolute Gasteiger partial charge is 0.381 e. The van der Waals surface area contributed by atoms with E-state index < -0.39 is 11.7 Å². The highest BCUT2D eigenvalue weighted by Gasteiger charge is 2.42. The first-order chi connectivity index (χ1) is 10.4. The number of nitrogens with one attached hydrogen (secondary N) is 2. The molecule has 2 atom stereocenters. The lowest BCUT2D eigenvalue weighted by molar-refractivity contribution is -0.137. The summed E-state index contributed by atoms with van der Waals surface area (Å²) in [6, 6.07) is 3.48. The molecular weight excluding hydrogens is 289 g/mol. The Balaban J connectivity index is 2.00. The van der Waals surface area contributed by atoms with Crippen molar-refractivity contribution >= 4 is 5.69 Å². The number of hydrogen-bond acceptors (Lipinski definition) is 2. The van der Waals surface area contributed by atoms with Crippen LogP contribution in [-0.4, -0.2) is 19.1 Å². The lowest BCUT2D eigenvalue weighted by atomic mass is 9.88. The standard InChI is InChI=1S/C17H23F3N2/c1-10(2)3-4-11-7-12-13-9-21-6-5-15(13)22-16(12)14(8-11)17(18,19)20/h7-8,10,13,15,21-22H,3-6,9H2,1-2H3/t13-,15-/m0/s1. The van der Waals surface area contributed by atoms with E-state index in [2.05, 4.69) is 24.5 Å². The third-order valence-electron chi connectivity index (χ3n) is 4.76. The molecule has 1 aromatic carbocycles. The Morgan fingerprint density at radius 3 is 2.73 bits per heavy atom. The second-order valence-electron chi connectivity index (χ2n) is 6.89. The summed E-state index contributed by atoms with van der Waals surface area (Å²) < 4.78 is 40.3. The first-order valence-corrected chi connectivity index (χ1v) is 8.07. The second-order valence-corrected chi connectivity index (χ2v) is 6.89. The first kappa shape index (κ1) is 15.7. The van der Waals surface area contributed by atoms with Crippen molar-refractivity contribution < 1.29 is 13.2 Å². The van der Waals surface area contributed by atoms with E-state index in [1.807, 2.05) is 6.07 Å². The van der Waals surface area contributed by atoms with Gasteiger partial charge in [0.2, 0.25) is 0 Å². The summed E-state index contributed by atoms with van der Waals surface area (Å²) in [7, 11) is 0. The topological polar surface area (TPSA) is 24.1 Å². The van der Waals surface area contributed by atoms with E-state index in [1.165, 1.54) is 6.07 Å². The van der Waals surface area contributed by atoms with Crippen LogP contribution in [0.15, 0.2) is 12.1 Å². The van der Waals surface area contributed by atoms with E-state index in [9.17, 15) is 13.2 Å². The summed E-state index contributed by atoms with van der Waals surface area (Å²) in [5.41, 5.74) is 1.50. The van der Waals surface area contributed by atoms with Crippen LogP contribution in [0.5, 0.6) is 0 Å². The molecule has 2 N–H and O–H groups in total. The number of hydrogen-bond donors (Lipinski definition) is 2. The molecule has 2 aliphatic heterocycles. The van der Waals surface area contributed by atoms with Gasteiger partial charge < -0.3 is 10.6 Å². The molecule has 0 aliphatic carbocycles. The van der Waals surface area contributed by atoms with Crippen molar-refractivity contribution in [1.82, 2.24) is 5.32 Å². The van der Waals surface area contributed by atoms with Gasteiger partial charge in [-0.2, -0.15) is 13.2 Å². The molecule has 22 heavy (non-hydrogen) atoms. The van der Waals surface area contributed by atoms with Crippen molar-refractivity contribution in [3.63, 3.8) is 0 Å². The first-order valence-electron chi connectivity index (χ1n) is 8.07. The molecule has 0 spiro atoms. The van der Waals surface area contributed by atoms with E-state index >= 15 is 0 Å². The number of alkyl halides is 3. The quantitative estimate of drug-likeness (QED) is 0.875. The van der Waals surface area contributed by atoms with Gasteiger partial charge in [0.25, 0.3) is 0 Å². The molecule has 122 valence electrons. The minimum Gasteiger partial charge on any atom is -0.381 e. The maximum Gasteiger partial charge on any atom is 0.418 e. The zero-order valence-corrected chi connectivity index (χ0v) is 13.1. The zero-order valence-electron chi connectivity index (χ0n) is 13.1. The van der Waals surface area contributed by atoms with Gasteiger partial charge in [0.1, 0.15) is 0 Å². The van der Waals surface area contributed by atoms with Gasteiger partial charge in [0.15, 0.2) is 0 Å².